The van der Waals surface area contributed by atoms with Gasteiger partial charge in [-0.05, 0) is 36.5 Å². The third-order valence-corrected chi connectivity index (χ3v) is 4.11. The molecule has 1 amide bonds. The van der Waals surface area contributed by atoms with Gasteiger partial charge in [-0.2, -0.15) is 0 Å². The van der Waals surface area contributed by atoms with E-state index >= 15 is 0 Å². The van der Waals surface area contributed by atoms with E-state index in [4.69, 9.17) is 5.73 Å². The van der Waals surface area contributed by atoms with Crippen LogP contribution in [0, 0.1) is 10.8 Å². The first-order valence-electron chi connectivity index (χ1n) is 7.71. The Labute approximate surface area is 118 Å². The maximum Gasteiger partial charge on any atom is 0.237 e. The second kappa shape index (κ2) is 6.25. The summed E-state index contributed by atoms with van der Waals surface area (Å²) in [5.41, 5.74) is 6.54. The number of nitrogens with two attached hydrogens (primary N) is 1. The Morgan fingerprint density at radius 2 is 1.79 bits per heavy atom. The lowest BCUT2D eigenvalue weighted by Gasteiger charge is -2.45. The lowest BCUT2D eigenvalue weighted by atomic mass is 9.63. The van der Waals surface area contributed by atoms with Crippen molar-refractivity contribution in [1.82, 2.24) is 5.32 Å². The number of amides is 1. The van der Waals surface area contributed by atoms with E-state index in [2.05, 4.69) is 39.9 Å². The van der Waals surface area contributed by atoms with Gasteiger partial charge >= 0.3 is 0 Å². The first-order valence-corrected chi connectivity index (χ1v) is 7.71. The molecular formula is C16H32N2O. The molecule has 0 heterocycles. The first kappa shape index (κ1) is 16.5. The van der Waals surface area contributed by atoms with E-state index in [0.717, 1.165) is 32.1 Å². The third-order valence-electron chi connectivity index (χ3n) is 4.11. The molecule has 0 aromatic rings. The highest BCUT2D eigenvalue weighted by Crippen LogP contribution is 2.45. The zero-order chi connectivity index (χ0) is 14.7. The van der Waals surface area contributed by atoms with Gasteiger partial charge in [0.2, 0.25) is 5.91 Å². The quantitative estimate of drug-likeness (QED) is 0.804. The largest absolute Gasteiger partial charge is 0.352 e. The van der Waals surface area contributed by atoms with Gasteiger partial charge in [0, 0.05) is 6.04 Å². The molecule has 1 saturated carbocycles. The van der Waals surface area contributed by atoms with Crippen molar-refractivity contribution in [3.63, 3.8) is 0 Å². The molecule has 112 valence electrons. The summed E-state index contributed by atoms with van der Waals surface area (Å²) in [6.07, 6.45) is 6.24. The summed E-state index contributed by atoms with van der Waals surface area (Å²) in [6, 6.07) is -0.0629. The summed E-state index contributed by atoms with van der Waals surface area (Å²) < 4.78 is 0. The van der Waals surface area contributed by atoms with E-state index in [9.17, 15) is 4.79 Å². The fourth-order valence-corrected chi connectivity index (χ4v) is 3.81. The van der Waals surface area contributed by atoms with Crippen LogP contribution in [0.25, 0.3) is 0 Å². The Morgan fingerprint density at radius 1 is 1.26 bits per heavy atom. The summed E-state index contributed by atoms with van der Waals surface area (Å²) in [5.74, 6) is 0.0342. The van der Waals surface area contributed by atoms with Crippen LogP contribution >= 0.6 is 0 Å². The van der Waals surface area contributed by atoms with Crippen LogP contribution in [0.4, 0.5) is 0 Å². The molecule has 0 radical (unpaired) electrons. The van der Waals surface area contributed by atoms with Crippen LogP contribution in [0.15, 0.2) is 0 Å². The van der Waals surface area contributed by atoms with Gasteiger partial charge in [-0.3, -0.25) is 4.79 Å². The van der Waals surface area contributed by atoms with E-state index in [-0.39, 0.29) is 18.0 Å². The van der Waals surface area contributed by atoms with E-state index in [1.807, 2.05) is 0 Å². The van der Waals surface area contributed by atoms with Gasteiger partial charge in [0.25, 0.3) is 0 Å². The lowest BCUT2D eigenvalue weighted by Crippen LogP contribution is -2.50. The van der Waals surface area contributed by atoms with E-state index in [0.29, 0.717) is 10.8 Å². The number of hydrogen-bond acceptors (Lipinski definition) is 2. The molecule has 0 aliphatic heterocycles. The van der Waals surface area contributed by atoms with Gasteiger partial charge < -0.3 is 11.1 Å². The summed E-state index contributed by atoms with van der Waals surface area (Å²) in [4.78, 5) is 12.1. The van der Waals surface area contributed by atoms with Crippen LogP contribution in [0.5, 0.6) is 0 Å². The highest BCUT2D eigenvalue weighted by Gasteiger charge is 2.39. The summed E-state index contributed by atoms with van der Waals surface area (Å²) in [7, 11) is 0. The van der Waals surface area contributed by atoms with Crippen molar-refractivity contribution >= 4 is 5.91 Å². The number of nitrogens with one attached hydrogen (secondary N) is 1. The molecule has 0 unspecified atom stereocenters. The zero-order valence-corrected chi connectivity index (χ0v) is 13.4. The lowest BCUT2D eigenvalue weighted by molar-refractivity contribution is -0.124. The highest BCUT2D eigenvalue weighted by molar-refractivity contribution is 5.81. The average molecular weight is 268 g/mol. The number of unbranched alkanes of at least 4 members (excludes halogenated alkanes) is 1. The van der Waals surface area contributed by atoms with Gasteiger partial charge in [0.15, 0.2) is 0 Å². The Kier molecular flexibility index (Phi) is 5.43. The molecule has 3 nitrogen and oxygen atoms in total. The van der Waals surface area contributed by atoms with Gasteiger partial charge in [-0.25, -0.2) is 0 Å². The highest BCUT2D eigenvalue weighted by atomic mass is 16.2. The van der Waals surface area contributed by atoms with Crippen molar-refractivity contribution in [3.8, 4) is 0 Å². The number of rotatable bonds is 5. The van der Waals surface area contributed by atoms with Crippen LogP contribution in [-0.4, -0.2) is 18.0 Å². The molecular weight excluding hydrogens is 236 g/mol. The summed E-state index contributed by atoms with van der Waals surface area (Å²) in [6.45, 7) is 11.3. The van der Waals surface area contributed by atoms with Crippen LogP contribution < -0.4 is 11.1 Å². The molecule has 1 rings (SSSR count). The molecule has 0 spiro atoms. The SMILES string of the molecule is CCCC[C@H](N)C(=O)NC1CC(C)(C)CC(C)(C)C1. The normalized spacial score (nSPS) is 23.9. The Morgan fingerprint density at radius 3 is 2.26 bits per heavy atom. The van der Waals surface area contributed by atoms with Crippen molar-refractivity contribution in [2.45, 2.75) is 85.2 Å². The number of hydrogen-bond donors (Lipinski definition) is 2. The smallest absolute Gasteiger partial charge is 0.237 e. The van der Waals surface area contributed by atoms with E-state index in [1.54, 1.807) is 0 Å². The van der Waals surface area contributed by atoms with Crippen LogP contribution in [-0.2, 0) is 4.79 Å². The van der Waals surface area contributed by atoms with Crippen LogP contribution in [0.2, 0.25) is 0 Å². The Balaban J connectivity index is 2.54. The molecule has 1 aliphatic rings. The predicted octanol–water partition coefficient (Wildman–Crippen LogP) is 3.23. The minimum absolute atomic E-state index is 0.0342. The molecule has 1 atom stereocenters. The maximum absolute atomic E-state index is 12.1. The van der Waals surface area contributed by atoms with Gasteiger partial charge in [-0.1, -0.05) is 47.5 Å². The molecule has 1 fully saturated rings. The van der Waals surface area contributed by atoms with E-state index in [1.165, 1.54) is 6.42 Å². The van der Waals surface area contributed by atoms with E-state index < -0.39 is 0 Å². The van der Waals surface area contributed by atoms with Crippen molar-refractivity contribution in [2.24, 2.45) is 16.6 Å². The maximum atomic E-state index is 12.1. The van der Waals surface area contributed by atoms with Crippen molar-refractivity contribution in [3.05, 3.63) is 0 Å². The average Bonchev–Trinajstić information content (AvgIpc) is 2.20. The minimum Gasteiger partial charge on any atom is -0.352 e. The zero-order valence-electron chi connectivity index (χ0n) is 13.4. The second-order valence-corrected chi connectivity index (χ2v) is 7.87. The molecule has 0 aromatic heterocycles. The van der Waals surface area contributed by atoms with Crippen molar-refractivity contribution in [1.29, 1.82) is 0 Å². The predicted molar refractivity (Wildman–Crippen MR) is 80.8 cm³/mol. The Hall–Kier alpha value is -0.570. The van der Waals surface area contributed by atoms with Gasteiger partial charge in [0.05, 0.1) is 6.04 Å². The van der Waals surface area contributed by atoms with Crippen LogP contribution in [0.3, 0.4) is 0 Å². The molecule has 0 aromatic carbocycles. The summed E-state index contributed by atoms with van der Waals surface area (Å²) >= 11 is 0. The van der Waals surface area contributed by atoms with Crippen molar-refractivity contribution in [2.75, 3.05) is 0 Å². The number of carbonyl (C=O) groups is 1. The number of carbonyl (C=O) groups excluding carboxylic acids is 1. The molecule has 3 N–H and O–H groups in total. The first-order chi connectivity index (χ1) is 8.65. The van der Waals surface area contributed by atoms with Gasteiger partial charge in [-0.15, -0.1) is 0 Å². The molecule has 19 heavy (non-hydrogen) atoms. The second-order valence-electron chi connectivity index (χ2n) is 7.87. The Bertz CT molecular complexity index is 294. The molecule has 1 aliphatic carbocycles. The monoisotopic (exact) mass is 268 g/mol. The van der Waals surface area contributed by atoms with Crippen LogP contribution in [0.1, 0.15) is 73.1 Å². The topological polar surface area (TPSA) is 55.1 Å². The fourth-order valence-electron chi connectivity index (χ4n) is 3.81. The molecule has 0 bridgehead atoms. The third kappa shape index (κ3) is 5.52. The minimum atomic E-state index is -0.340. The fraction of sp³-hybridized carbons (Fsp3) is 0.938. The molecule has 0 saturated heterocycles. The van der Waals surface area contributed by atoms with Gasteiger partial charge in [0.1, 0.15) is 0 Å². The molecule has 3 heteroatoms. The summed E-state index contributed by atoms with van der Waals surface area (Å²) in [5, 5.41) is 3.17. The standard InChI is InChI=1S/C16H32N2O/c1-6-7-8-13(17)14(19)18-12-9-15(2,3)11-16(4,5)10-12/h12-13H,6-11,17H2,1-5H3,(H,18,19)/t13-/m0/s1. The van der Waals surface area contributed by atoms with Crippen molar-refractivity contribution < 1.29 is 4.79 Å².